The van der Waals surface area contributed by atoms with E-state index < -0.39 is 0 Å². The minimum absolute atomic E-state index is 0.156. The summed E-state index contributed by atoms with van der Waals surface area (Å²) in [5.74, 6) is 1.28. The van der Waals surface area contributed by atoms with E-state index in [1.807, 2.05) is 66.2 Å². The monoisotopic (exact) mass is 363 g/mol. The van der Waals surface area contributed by atoms with Crippen molar-refractivity contribution in [3.63, 3.8) is 0 Å². The Hall–Kier alpha value is -3.28. The van der Waals surface area contributed by atoms with Gasteiger partial charge in [0.25, 0.3) is 5.91 Å². The first-order valence-corrected chi connectivity index (χ1v) is 9.05. The summed E-state index contributed by atoms with van der Waals surface area (Å²) in [6.07, 6.45) is 2.10. The largest absolute Gasteiger partial charge is 0.486 e. The zero-order valence-electron chi connectivity index (χ0n) is 15.1. The number of aromatic nitrogens is 2. The van der Waals surface area contributed by atoms with E-state index in [4.69, 9.17) is 9.47 Å². The summed E-state index contributed by atoms with van der Waals surface area (Å²) in [7, 11) is 0. The minimum Gasteiger partial charge on any atom is -0.486 e. The Kier molecular flexibility index (Phi) is 4.78. The van der Waals surface area contributed by atoms with Crippen molar-refractivity contribution in [3.8, 4) is 17.2 Å². The molecule has 0 fully saturated rings. The van der Waals surface area contributed by atoms with Crippen molar-refractivity contribution in [1.29, 1.82) is 0 Å². The lowest BCUT2D eigenvalue weighted by molar-refractivity contribution is 0.0788. The number of carbonyl (C=O) groups excluding carboxylic acids is 1. The highest BCUT2D eigenvalue weighted by Crippen LogP contribution is 2.30. The molecule has 4 rings (SSSR count). The van der Waals surface area contributed by atoms with Gasteiger partial charge in [0.2, 0.25) is 0 Å². The van der Waals surface area contributed by atoms with Gasteiger partial charge in [-0.3, -0.25) is 4.79 Å². The van der Waals surface area contributed by atoms with Crippen LogP contribution in [-0.2, 0) is 6.42 Å². The van der Waals surface area contributed by atoms with Gasteiger partial charge in [-0.25, -0.2) is 4.68 Å². The lowest BCUT2D eigenvalue weighted by atomic mass is 10.2. The van der Waals surface area contributed by atoms with E-state index >= 15 is 0 Å². The third kappa shape index (κ3) is 3.51. The van der Waals surface area contributed by atoms with Gasteiger partial charge < -0.3 is 14.8 Å². The van der Waals surface area contributed by atoms with E-state index in [0.717, 1.165) is 17.1 Å². The summed E-state index contributed by atoms with van der Waals surface area (Å²) < 4.78 is 13.4. The van der Waals surface area contributed by atoms with E-state index in [1.54, 1.807) is 6.20 Å². The van der Waals surface area contributed by atoms with Gasteiger partial charge in [0.15, 0.2) is 11.5 Å². The van der Waals surface area contributed by atoms with Crippen LogP contribution in [0.1, 0.15) is 23.0 Å². The van der Waals surface area contributed by atoms with Crippen LogP contribution in [0.25, 0.3) is 5.69 Å². The molecule has 0 radical (unpaired) electrons. The van der Waals surface area contributed by atoms with Crippen LogP contribution in [0.5, 0.6) is 11.5 Å². The van der Waals surface area contributed by atoms with Crippen molar-refractivity contribution in [3.05, 3.63) is 72.1 Å². The smallest absolute Gasteiger partial charge is 0.254 e. The molecule has 1 amide bonds. The van der Waals surface area contributed by atoms with Crippen LogP contribution >= 0.6 is 0 Å². The standard InChI is InChI=1S/C21H21N3O3/c1-2-18-17(13-23-24(18)15-8-4-3-5-9-15)21(25)22-12-16-14-26-19-10-6-7-11-20(19)27-16/h3-11,13,16H,2,12,14H2,1H3,(H,22,25)/t16-/m1/s1. The van der Waals surface area contributed by atoms with E-state index in [9.17, 15) is 4.79 Å². The number of nitrogens with zero attached hydrogens (tertiary/aromatic N) is 2. The summed E-state index contributed by atoms with van der Waals surface area (Å²) in [5, 5.41) is 7.34. The average molecular weight is 363 g/mol. The van der Waals surface area contributed by atoms with E-state index in [0.29, 0.717) is 30.9 Å². The first-order chi connectivity index (χ1) is 13.3. The van der Waals surface area contributed by atoms with Crippen molar-refractivity contribution in [2.75, 3.05) is 13.2 Å². The molecule has 6 nitrogen and oxygen atoms in total. The Morgan fingerprint density at radius 2 is 1.89 bits per heavy atom. The molecule has 6 heteroatoms. The fourth-order valence-corrected chi connectivity index (χ4v) is 3.16. The second kappa shape index (κ2) is 7.53. The van der Waals surface area contributed by atoms with Crippen LogP contribution in [0.3, 0.4) is 0 Å². The number of hydrogen-bond acceptors (Lipinski definition) is 4. The molecule has 27 heavy (non-hydrogen) atoms. The summed E-state index contributed by atoms with van der Waals surface area (Å²) in [6, 6.07) is 17.3. The topological polar surface area (TPSA) is 65.4 Å². The molecule has 1 aliphatic heterocycles. The number of carbonyl (C=O) groups is 1. The van der Waals surface area contributed by atoms with Crippen LogP contribution in [0, 0.1) is 0 Å². The quantitative estimate of drug-likeness (QED) is 0.757. The second-order valence-electron chi connectivity index (χ2n) is 6.31. The summed E-state index contributed by atoms with van der Waals surface area (Å²) in [4.78, 5) is 12.7. The zero-order chi connectivity index (χ0) is 18.6. The average Bonchev–Trinajstić information content (AvgIpc) is 3.16. The zero-order valence-corrected chi connectivity index (χ0v) is 15.1. The first kappa shape index (κ1) is 17.1. The van der Waals surface area contributed by atoms with Gasteiger partial charge >= 0.3 is 0 Å². The van der Waals surface area contributed by atoms with Crippen LogP contribution in [0.2, 0.25) is 0 Å². The Balaban J connectivity index is 1.44. The number of amides is 1. The van der Waals surface area contributed by atoms with Gasteiger partial charge in [0, 0.05) is 0 Å². The lowest BCUT2D eigenvalue weighted by Crippen LogP contribution is -2.40. The van der Waals surface area contributed by atoms with E-state index in [-0.39, 0.29) is 12.0 Å². The van der Waals surface area contributed by atoms with Gasteiger partial charge in [-0.15, -0.1) is 0 Å². The van der Waals surface area contributed by atoms with Crippen LogP contribution in [0.15, 0.2) is 60.8 Å². The third-order valence-electron chi connectivity index (χ3n) is 4.51. The normalized spacial score (nSPS) is 15.4. The maximum absolute atomic E-state index is 12.7. The molecule has 0 saturated carbocycles. The fourth-order valence-electron chi connectivity index (χ4n) is 3.16. The van der Waals surface area contributed by atoms with Crippen LogP contribution in [-0.4, -0.2) is 34.9 Å². The summed E-state index contributed by atoms with van der Waals surface area (Å²) in [5.41, 5.74) is 2.40. The SMILES string of the molecule is CCc1c(C(=O)NC[C@@H]2COc3ccccc3O2)cnn1-c1ccccc1. The molecule has 2 aromatic carbocycles. The number of benzene rings is 2. The molecule has 3 aromatic rings. The van der Waals surface area contributed by atoms with Gasteiger partial charge in [-0.05, 0) is 30.7 Å². The summed E-state index contributed by atoms with van der Waals surface area (Å²) in [6.45, 7) is 2.79. The number of ether oxygens (including phenoxy) is 2. The molecule has 0 spiro atoms. The molecule has 0 bridgehead atoms. The molecular formula is C21H21N3O3. The predicted octanol–water partition coefficient (Wildman–Crippen LogP) is 3.00. The minimum atomic E-state index is -0.224. The van der Waals surface area contributed by atoms with E-state index in [2.05, 4.69) is 10.4 Å². The van der Waals surface area contributed by atoms with Gasteiger partial charge in [0.1, 0.15) is 12.7 Å². The number of nitrogens with one attached hydrogen (secondary N) is 1. The van der Waals surface area contributed by atoms with Crippen molar-refractivity contribution >= 4 is 5.91 Å². The summed E-state index contributed by atoms with van der Waals surface area (Å²) >= 11 is 0. The Bertz CT molecular complexity index is 937. The number of hydrogen-bond donors (Lipinski definition) is 1. The van der Waals surface area contributed by atoms with Crippen molar-refractivity contribution in [1.82, 2.24) is 15.1 Å². The molecule has 1 N–H and O–H groups in total. The Morgan fingerprint density at radius 3 is 2.67 bits per heavy atom. The van der Waals surface area contributed by atoms with Gasteiger partial charge in [-0.1, -0.05) is 37.3 Å². The lowest BCUT2D eigenvalue weighted by Gasteiger charge is -2.26. The first-order valence-electron chi connectivity index (χ1n) is 9.05. The molecule has 0 saturated heterocycles. The maximum atomic E-state index is 12.7. The number of rotatable bonds is 5. The molecular weight excluding hydrogens is 342 g/mol. The second-order valence-corrected chi connectivity index (χ2v) is 6.31. The fraction of sp³-hybridized carbons (Fsp3) is 0.238. The third-order valence-corrected chi connectivity index (χ3v) is 4.51. The number of fused-ring (bicyclic) bond motifs is 1. The molecule has 2 heterocycles. The molecule has 0 aliphatic carbocycles. The molecule has 1 atom stereocenters. The van der Waals surface area contributed by atoms with Crippen LogP contribution < -0.4 is 14.8 Å². The maximum Gasteiger partial charge on any atom is 0.254 e. The van der Waals surface area contributed by atoms with E-state index in [1.165, 1.54) is 0 Å². The van der Waals surface area contributed by atoms with Crippen molar-refractivity contribution in [2.24, 2.45) is 0 Å². The highest BCUT2D eigenvalue weighted by Gasteiger charge is 2.23. The Labute approximate surface area is 157 Å². The van der Waals surface area contributed by atoms with Crippen LogP contribution in [0.4, 0.5) is 0 Å². The van der Waals surface area contributed by atoms with Gasteiger partial charge in [-0.2, -0.15) is 5.10 Å². The molecule has 1 aliphatic rings. The van der Waals surface area contributed by atoms with Gasteiger partial charge in [0.05, 0.1) is 29.7 Å². The highest BCUT2D eigenvalue weighted by atomic mass is 16.6. The molecule has 0 unspecified atom stereocenters. The van der Waals surface area contributed by atoms with Crippen molar-refractivity contribution in [2.45, 2.75) is 19.4 Å². The van der Waals surface area contributed by atoms with Crippen molar-refractivity contribution < 1.29 is 14.3 Å². The molecule has 1 aromatic heterocycles. The number of para-hydroxylation sites is 3. The molecule has 138 valence electrons. The highest BCUT2D eigenvalue weighted by molar-refractivity contribution is 5.95. The predicted molar refractivity (Wildman–Crippen MR) is 102 cm³/mol. The Morgan fingerprint density at radius 1 is 1.15 bits per heavy atom.